The maximum atomic E-state index is 12.7. The highest BCUT2D eigenvalue weighted by Crippen LogP contribution is 2.34. The Hall–Kier alpha value is -1.08. The zero-order valence-electron chi connectivity index (χ0n) is 11.5. The molecule has 1 aromatic carbocycles. The SMILES string of the molecule is CC1(C(=O)Nc2cc(C(F)(F)F)ccc2Br)CCCCN1. The molecule has 1 aliphatic rings. The van der Waals surface area contributed by atoms with E-state index in [9.17, 15) is 18.0 Å². The number of alkyl halides is 3. The van der Waals surface area contributed by atoms with E-state index in [-0.39, 0.29) is 11.6 Å². The molecule has 7 heteroatoms. The minimum absolute atomic E-state index is 0.128. The van der Waals surface area contributed by atoms with Crippen molar-refractivity contribution in [3.05, 3.63) is 28.2 Å². The van der Waals surface area contributed by atoms with E-state index >= 15 is 0 Å². The van der Waals surface area contributed by atoms with Gasteiger partial charge in [-0.15, -0.1) is 0 Å². The van der Waals surface area contributed by atoms with Crippen molar-refractivity contribution in [1.29, 1.82) is 0 Å². The van der Waals surface area contributed by atoms with Gasteiger partial charge in [0.05, 0.1) is 16.8 Å². The van der Waals surface area contributed by atoms with Gasteiger partial charge in [0.1, 0.15) is 0 Å². The number of amides is 1. The Labute approximate surface area is 129 Å². The van der Waals surface area contributed by atoms with Crippen LogP contribution in [-0.2, 0) is 11.0 Å². The van der Waals surface area contributed by atoms with E-state index in [0.29, 0.717) is 10.9 Å². The Balaban J connectivity index is 2.20. The van der Waals surface area contributed by atoms with Crippen molar-refractivity contribution < 1.29 is 18.0 Å². The van der Waals surface area contributed by atoms with E-state index in [1.54, 1.807) is 6.92 Å². The molecule has 1 saturated heterocycles. The van der Waals surface area contributed by atoms with Crippen molar-refractivity contribution in [2.24, 2.45) is 0 Å². The highest BCUT2D eigenvalue weighted by Gasteiger charge is 2.35. The lowest BCUT2D eigenvalue weighted by atomic mass is 9.90. The van der Waals surface area contributed by atoms with Crippen LogP contribution in [-0.4, -0.2) is 18.0 Å². The number of carbonyl (C=O) groups excluding carboxylic acids is 1. The largest absolute Gasteiger partial charge is 0.416 e. The first kappa shape index (κ1) is 16.3. The summed E-state index contributed by atoms with van der Waals surface area (Å²) in [4.78, 5) is 12.3. The van der Waals surface area contributed by atoms with Crippen molar-refractivity contribution in [3.63, 3.8) is 0 Å². The van der Waals surface area contributed by atoms with E-state index in [2.05, 4.69) is 26.6 Å². The van der Waals surface area contributed by atoms with Crippen LogP contribution in [0.25, 0.3) is 0 Å². The van der Waals surface area contributed by atoms with Crippen molar-refractivity contribution >= 4 is 27.5 Å². The molecule has 1 unspecified atom stereocenters. The van der Waals surface area contributed by atoms with Crippen molar-refractivity contribution in [1.82, 2.24) is 5.32 Å². The van der Waals surface area contributed by atoms with Crippen LogP contribution in [0.3, 0.4) is 0 Å². The number of nitrogens with one attached hydrogen (secondary N) is 2. The molecule has 0 saturated carbocycles. The molecule has 21 heavy (non-hydrogen) atoms. The molecule has 2 rings (SSSR count). The van der Waals surface area contributed by atoms with Gasteiger partial charge in [0, 0.05) is 4.47 Å². The second-order valence-corrected chi connectivity index (χ2v) is 6.22. The van der Waals surface area contributed by atoms with Crippen LogP contribution < -0.4 is 10.6 Å². The predicted molar refractivity (Wildman–Crippen MR) is 78.0 cm³/mol. The molecule has 1 atom stereocenters. The van der Waals surface area contributed by atoms with E-state index in [1.165, 1.54) is 6.07 Å². The molecule has 0 spiro atoms. The minimum atomic E-state index is -4.44. The van der Waals surface area contributed by atoms with Crippen molar-refractivity contribution in [2.75, 3.05) is 11.9 Å². The van der Waals surface area contributed by atoms with Crippen LogP contribution in [0.5, 0.6) is 0 Å². The fourth-order valence-corrected chi connectivity index (χ4v) is 2.65. The van der Waals surface area contributed by atoms with Gasteiger partial charge in [-0.2, -0.15) is 13.2 Å². The Kier molecular flexibility index (Phi) is 4.63. The first-order chi connectivity index (χ1) is 9.72. The molecular weight excluding hydrogens is 349 g/mol. The molecule has 0 bridgehead atoms. The fraction of sp³-hybridized carbons (Fsp3) is 0.500. The molecule has 0 aromatic heterocycles. The lowest BCUT2D eigenvalue weighted by Gasteiger charge is -2.33. The van der Waals surface area contributed by atoms with Gasteiger partial charge >= 0.3 is 6.18 Å². The second kappa shape index (κ2) is 5.96. The van der Waals surface area contributed by atoms with Crippen LogP contribution >= 0.6 is 15.9 Å². The summed E-state index contributed by atoms with van der Waals surface area (Å²) in [5, 5.41) is 5.71. The van der Waals surface area contributed by atoms with E-state index in [4.69, 9.17) is 0 Å². The second-order valence-electron chi connectivity index (χ2n) is 5.36. The molecule has 1 heterocycles. The maximum Gasteiger partial charge on any atom is 0.416 e. The molecule has 1 aliphatic heterocycles. The van der Waals surface area contributed by atoms with Gasteiger partial charge in [-0.1, -0.05) is 0 Å². The molecule has 0 aliphatic carbocycles. The van der Waals surface area contributed by atoms with Crippen LogP contribution in [0.1, 0.15) is 31.7 Å². The zero-order valence-corrected chi connectivity index (χ0v) is 13.1. The summed E-state index contributed by atoms with van der Waals surface area (Å²) in [7, 11) is 0. The summed E-state index contributed by atoms with van der Waals surface area (Å²) in [6, 6.07) is 3.20. The molecule has 1 amide bonds. The molecule has 116 valence electrons. The molecule has 0 radical (unpaired) electrons. The quantitative estimate of drug-likeness (QED) is 0.834. The molecular formula is C14H16BrF3N2O. The average Bonchev–Trinajstić information content (AvgIpc) is 2.40. The minimum Gasteiger partial charge on any atom is -0.323 e. The molecule has 2 N–H and O–H groups in total. The van der Waals surface area contributed by atoms with Crippen molar-refractivity contribution in [3.8, 4) is 0 Å². The van der Waals surface area contributed by atoms with Gasteiger partial charge in [0.25, 0.3) is 0 Å². The fourth-order valence-electron chi connectivity index (χ4n) is 2.31. The number of rotatable bonds is 2. The van der Waals surface area contributed by atoms with Gasteiger partial charge in [-0.3, -0.25) is 4.79 Å². The number of halogens is 4. The number of carbonyl (C=O) groups is 1. The smallest absolute Gasteiger partial charge is 0.323 e. The van der Waals surface area contributed by atoms with Crippen LogP contribution in [0.4, 0.5) is 18.9 Å². The van der Waals surface area contributed by atoms with Gasteiger partial charge in [-0.25, -0.2) is 0 Å². The monoisotopic (exact) mass is 364 g/mol. The number of hydrogen-bond donors (Lipinski definition) is 2. The Morgan fingerprint density at radius 3 is 2.67 bits per heavy atom. The Morgan fingerprint density at radius 2 is 2.10 bits per heavy atom. The lowest BCUT2D eigenvalue weighted by Crippen LogP contribution is -2.54. The van der Waals surface area contributed by atoms with Crippen LogP contribution in [0.2, 0.25) is 0 Å². The highest BCUT2D eigenvalue weighted by molar-refractivity contribution is 9.10. The van der Waals surface area contributed by atoms with Gasteiger partial charge in [-0.05, 0) is 66.9 Å². The highest BCUT2D eigenvalue weighted by atomic mass is 79.9. The number of piperidine rings is 1. The topological polar surface area (TPSA) is 41.1 Å². The Bertz CT molecular complexity index is 540. The number of anilines is 1. The molecule has 1 fully saturated rings. The van der Waals surface area contributed by atoms with Crippen LogP contribution in [0, 0.1) is 0 Å². The summed E-state index contributed by atoms with van der Waals surface area (Å²) in [5.41, 5.74) is -1.41. The van der Waals surface area contributed by atoms with Crippen molar-refractivity contribution in [2.45, 2.75) is 37.9 Å². The average molecular weight is 365 g/mol. The van der Waals surface area contributed by atoms with Crippen LogP contribution in [0.15, 0.2) is 22.7 Å². The van der Waals surface area contributed by atoms with Gasteiger partial charge in [0.15, 0.2) is 0 Å². The third-order valence-corrected chi connectivity index (χ3v) is 4.35. The third kappa shape index (κ3) is 3.77. The summed E-state index contributed by atoms with van der Waals surface area (Å²) in [5.74, 6) is -0.317. The first-order valence-electron chi connectivity index (χ1n) is 6.66. The number of hydrogen-bond acceptors (Lipinski definition) is 2. The predicted octanol–water partition coefficient (Wildman–Crippen LogP) is 3.94. The first-order valence-corrected chi connectivity index (χ1v) is 7.45. The van der Waals surface area contributed by atoms with E-state index in [1.807, 2.05) is 0 Å². The standard InChI is InChI=1S/C14H16BrF3N2O/c1-13(6-2-3-7-19-13)12(21)20-11-8-9(14(16,17)18)4-5-10(11)15/h4-5,8,19H,2-3,6-7H2,1H3,(H,20,21). The van der Waals surface area contributed by atoms with E-state index < -0.39 is 17.3 Å². The molecule has 1 aromatic rings. The third-order valence-electron chi connectivity index (χ3n) is 3.66. The number of benzene rings is 1. The normalized spacial score (nSPS) is 22.9. The van der Waals surface area contributed by atoms with E-state index in [0.717, 1.165) is 31.5 Å². The Morgan fingerprint density at radius 1 is 1.38 bits per heavy atom. The maximum absolute atomic E-state index is 12.7. The zero-order chi connectivity index (χ0) is 15.7. The van der Waals surface area contributed by atoms with Gasteiger partial charge < -0.3 is 10.6 Å². The summed E-state index contributed by atoms with van der Waals surface area (Å²) in [6.45, 7) is 2.50. The molecule has 3 nitrogen and oxygen atoms in total. The van der Waals surface area contributed by atoms with Gasteiger partial charge in [0.2, 0.25) is 5.91 Å². The summed E-state index contributed by atoms with van der Waals surface area (Å²) >= 11 is 3.16. The summed E-state index contributed by atoms with van der Waals surface area (Å²) < 4.78 is 38.6. The summed E-state index contributed by atoms with van der Waals surface area (Å²) in [6.07, 6.45) is -1.86. The lowest BCUT2D eigenvalue weighted by molar-refractivity contribution is -0.137.